The van der Waals surface area contributed by atoms with Gasteiger partial charge in [0.15, 0.2) is 0 Å². The number of hydrogen-bond donors (Lipinski definition) is 2. The smallest absolute Gasteiger partial charge is 0.273 e. The first-order chi connectivity index (χ1) is 8.97. The molecule has 1 atom stereocenters. The van der Waals surface area contributed by atoms with Crippen LogP contribution in [0.4, 0.5) is 5.69 Å². The molecule has 104 valence electrons. The van der Waals surface area contributed by atoms with Gasteiger partial charge in [0, 0.05) is 30.8 Å². The predicted molar refractivity (Wildman–Crippen MR) is 68.0 cm³/mol. The van der Waals surface area contributed by atoms with E-state index in [1.54, 1.807) is 0 Å². The molecule has 0 aliphatic rings. The third kappa shape index (κ3) is 4.01. The lowest BCUT2D eigenvalue weighted by molar-refractivity contribution is -0.385. The minimum Gasteiger partial charge on any atom is -0.389 e. The third-order valence-corrected chi connectivity index (χ3v) is 2.60. The summed E-state index contributed by atoms with van der Waals surface area (Å²) in [4.78, 5) is 22.1. The number of rotatable bonds is 6. The Morgan fingerprint density at radius 3 is 2.84 bits per heavy atom. The van der Waals surface area contributed by atoms with E-state index in [2.05, 4.69) is 5.32 Å². The zero-order valence-electron chi connectivity index (χ0n) is 10.8. The first-order valence-corrected chi connectivity index (χ1v) is 5.66. The Morgan fingerprint density at radius 1 is 1.58 bits per heavy atom. The van der Waals surface area contributed by atoms with Crippen molar-refractivity contribution in [3.05, 3.63) is 39.4 Å². The maximum absolute atomic E-state index is 11.9. The lowest BCUT2D eigenvalue weighted by Gasteiger charge is -2.11. The number of nitrogens with one attached hydrogen (secondary N) is 1. The Balaban J connectivity index is 2.78. The maximum atomic E-state index is 11.9. The predicted octanol–water partition coefficient (Wildman–Crippen LogP) is 0.640. The van der Waals surface area contributed by atoms with Crippen LogP contribution in [0, 0.1) is 17.0 Å². The largest absolute Gasteiger partial charge is 0.389 e. The summed E-state index contributed by atoms with van der Waals surface area (Å²) < 4.78 is 4.73. The average molecular weight is 268 g/mol. The number of hydrogen-bond acceptors (Lipinski definition) is 5. The first-order valence-electron chi connectivity index (χ1n) is 5.66. The quantitative estimate of drug-likeness (QED) is 0.582. The molecule has 1 unspecified atom stereocenters. The lowest BCUT2D eigenvalue weighted by atomic mass is 10.1. The molecule has 1 aromatic carbocycles. The van der Waals surface area contributed by atoms with E-state index in [0.717, 1.165) is 0 Å². The monoisotopic (exact) mass is 268 g/mol. The van der Waals surface area contributed by atoms with Crippen molar-refractivity contribution in [1.29, 1.82) is 0 Å². The van der Waals surface area contributed by atoms with Crippen molar-refractivity contribution in [2.45, 2.75) is 13.0 Å². The molecule has 7 heteroatoms. The van der Waals surface area contributed by atoms with Crippen LogP contribution in [0.1, 0.15) is 15.9 Å². The van der Waals surface area contributed by atoms with Crippen LogP contribution in [-0.2, 0) is 4.74 Å². The van der Waals surface area contributed by atoms with Crippen molar-refractivity contribution in [1.82, 2.24) is 5.32 Å². The van der Waals surface area contributed by atoms with Gasteiger partial charge in [-0.15, -0.1) is 0 Å². The summed E-state index contributed by atoms with van der Waals surface area (Å²) in [5.41, 5.74) is 0.412. The van der Waals surface area contributed by atoms with Gasteiger partial charge in [-0.25, -0.2) is 0 Å². The average Bonchev–Trinajstić information content (AvgIpc) is 2.36. The number of carbonyl (C=O) groups is 1. The third-order valence-electron chi connectivity index (χ3n) is 2.60. The second-order valence-corrected chi connectivity index (χ2v) is 4.03. The molecule has 0 heterocycles. The summed E-state index contributed by atoms with van der Waals surface area (Å²) in [6, 6.07) is 4.29. The Kier molecular flexibility index (Phi) is 5.40. The molecular weight excluding hydrogens is 252 g/mol. The van der Waals surface area contributed by atoms with Crippen molar-refractivity contribution in [2.75, 3.05) is 20.3 Å². The van der Waals surface area contributed by atoms with E-state index in [0.29, 0.717) is 5.56 Å². The van der Waals surface area contributed by atoms with E-state index in [-0.39, 0.29) is 24.4 Å². The van der Waals surface area contributed by atoms with Crippen LogP contribution in [0.5, 0.6) is 0 Å². The molecule has 0 radical (unpaired) electrons. The summed E-state index contributed by atoms with van der Waals surface area (Å²) in [6.07, 6.45) is -0.812. The topological polar surface area (TPSA) is 102 Å². The number of ether oxygens (including phenoxy) is 1. The fourth-order valence-corrected chi connectivity index (χ4v) is 1.62. The van der Waals surface area contributed by atoms with Crippen molar-refractivity contribution in [3.63, 3.8) is 0 Å². The Morgan fingerprint density at radius 2 is 2.26 bits per heavy atom. The molecule has 0 saturated heterocycles. The van der Waals surface area contributed by atoms with Crippen LogP contribution >= 0.6 is 0 Å². The van der Waals surface area contributed by atoms with Gasteiger partial charge < -0.3 is 15.2 Å². The number of benzene rings is 1. The Hall–Kier alpha value is -1.99. The van der Waals surface area contributed by atoms with E-state index in [4.69, 9.17) is 4.74 Å². The Bertz CT molecular complexity index is 475. The van der Waals surface area contributed by atoms with Gasteiger partial charge in [0.2, 0.25) is 0 Å². The van der Waals surface area contributed by atoms with Crippen LogP contribution in [0.15, 0.2) is 18.2 Å². The number of carbonyl (C=O) groups excluding carboxylic acids is 1. The van der Waals surface area contributed by atoms with E-state index in [1.165, 1.54) is 32.2 Å². The normalized spacial score (nSPS) is 11.9. The molecule has 0 aliphatic carbocycles. The first kappa shape index (κ1) is 15.1. The fourth-order valence-electron chi connectivity index (χ4n) is 1.62. The molecule has 19 heavy (non-hydrogen) atoms. The molecule has 0 spiro atoms. The fraction of sp³-hybridized carbons (Fsp3) is 0.417. The van der Waals surface area contributed by atoms with Crippen LogP contribution in [0.3, 0.4) is 0 Å². The second-order valence-electron chi connectivity index (χ2n) is 4.03. The van der Waals surface area contributed by atoms with E-state index in [1.807, 2.05) is 0 Å². The number of aliphatic hydroxyl groups is 1. The zero-order chi connectivity index (χ0) is 14.4. The molecule has 1 rings (SSSR count). The SMILES string of the molecule is COCC(O)CNC(=O)c1cccc([N+](=O)[O-])c1C. The molecule has 0 aliphatic heterocycles. The van der Waals surface area contributed by atoms with Crippen molar-refractivity contribution >= 4 is 11.6 Å². The van der Waals surface area contributed by atoms with Gasteiger partial charge in [0.1, 0.15) is 0 Å². The highest BCUT2D eigenvalue weighted by molar-refractivity contribution is 5.96. The number of aliphatic hydroxyl groups excluding tert-OH is 1. The van der Waals surface area contributed by atoms with E-state index in [9.17, 15) is 20.0 Å². The molecule has 2 N–H and O–H groups in total. The molecule has 0 bridgehead atoms. The highest BCUT2D eigenvalue weighted by Gasteiger charge is 2.18. The highest BCUT2D eigenvalue weighted by Crippen LogP contribution is 2.20. The van der Waals surface area contributed by atoms with Gasteiger partial charge in [0.25, 0.3) is 11.6 Å². The van der Waals surface area contributed by atoms with Crippen LogP contribution < -0.4 is 5.32 Å². The van der Waals surface area contributed by atoms with E-state index >= 15 is 0 Å². The minimum absolute atomic E-state index is 0.0226. The van der Waals surface area contributed by atoms with Crippen LogP contribution in [0.25, 0.3) is 0 Å². The summed E-state index contributed by atoms with van der Waals surface area (Å²) in [5, 5.41) is 22.7. The zero-order valence-corrected chi connectivity index (χ0v) is 10.8. The summed E-state index contributed by atoms with van der Waals surface area (Å²) in [5.74, 6) is -0.462. The molecule has 7 nitrogen and oxygen atoms in total. The summed E-state index contributed by atoms with van der Waals surface area (Å²) >= 11 is 0. The standard InChI is InChI=1S/C12H16N2O5/c1-8-10(4-3-5-11(8)14(17)18)12(16)13-6-9(15)7-19-2/h3-5,9,15H,6-7H2,1-2H3,(H,13,16). The van der Waals surface area contributed by atoms with Gasteiger partial charge in [-0.1, -0.05) is 6.07 Å². The van der Waals surface area contributed by atoms with Crippen LogP contribution in [-0.4, -0.2) is 42.3 Å². The molecule has 1 amide bonds. The van der Waals surface area contributed by atoms with E-state index < -0.39 is 16.9 Å². The molecule has 0 saturated carbocycles. The number of nitro groups is 1. The van der Waals surface area contributed by atoms with Gasteiger partial charge in [-0.3, -0.25) is 14.9 Å². The number of nitro benzene ring substituents is 1. The van der Waals surface area contributed by atoms with Gasteiger partial charge in [-0.05, 0) is 13.0 Å². The second kappa shape index (κ2) is 6.81. The van der Waals surface area contributed by atoms with Crippen molar-refractivity contribution < 1.29 is 19.6 Å². The lowest BCUT2D eigenvalue weighted by Crippen LogP contribution is -2.34. The van der Waals surface area contributed by atoms with Gasteiger partial charge >= 0.3 is 0 Å². The highest BCUT2D eigenvalue weighted by atomic mass is 16.6. The van der Waals surface area contributed by atoms with Crippen molar-refractivity contribution in [2.24, 2.45) is 0 Å². The Labute approximate surface area is 110 Å². The minimum atomic E-state index is -0.812. The number of methoxy groups -OCH3 is 1. The molecule has 1 aromatic rings. The summed E-state index contributed by atoms with van der Waals surface area (Å²) in [7, 11) is 1.44. The van der Waals surface area contributed by atoms with Crippen LogP contribution in [0.2, 0.25) is 0 Å². The molecule has 0 aromatic heterocycles. The van der Waals surface area contributed by atoms with Gasteiger partial charge in [-0.2, -0.15) is 0 Å². The molecular formula is C12H16N2O5. The van der Waals surface area contributed by atoms with Crippen molar-refractivity contribution in [3.8, 4) is 0 Å². The summed E-state index contributed by atoms with van der Waals surface area (Å²) in [6.45, 7) is 1.64. The molecule has 0 fully saturated rings. The number of nitrogens with zero attached hydrogens (tertiary/aromatic N) is 1. The number of amides is 1. The van der Waals surface area contributed by atoms with Gasteiger partial charge in [0.05, 0.1) is 17.6 Å². The maximum Gasteiger partial charge on any atom is 0.273 e.